The molecule has 3 aromatic rings. The number of hydrogen-bond donors (Lipinski definition) is 3. The molecule has 3 aromatic carbocycles. The van der Waals surface area contributed by atoms with E-state index in [4.69, 9.17) is 21.9 Å². The molecular weight excluding hydrogens is 490 g/mol. The lowest BCUT2D eigenvalue weighted by Crippen LogP contribution is -2.30. The normalized spacial score (nSPS) is 12.4. The van der Waals surface area contributed by atoms with Crippen LogP contribution in [-0.4, -0.2) is 42.6 Å². The Balaban J connectivity index is 0.000000293. The van der Waals surface area contributed by atoms with Gasteiger partial charge in [0.15, 0.2) is 0 Å². The zero-order valence-corrected chi connectivity index (χ0v) is 23.7. The van der Waals surface area contributed by atoms with Crippen LogP contribution in [-0.2, 0) is 33.6 Å². The zero-order chi connectivity index (χ0) is 29.4. The highest BCUT2D eigenvalue weighted by Gasteiger charge is 2.09. The fraction of sp³-hybridized carbons (Fsp3) is 0.344. The van der Waals surface area contributed by atoms with Crippen LogP contribution in [0.2, 0.25) is 0 Å². The Morgan fingerprint density at radius 3 is 1.26 bits per heavy atom. The van der Waals surface area contributed by atoms with Gasteiger partial charge in [0.1, 0.15) is 23.1 Å². The van der Waals surface area contributed by atoms with Crippen molar-refractivity contribution in [3.8, 4) is 5.75 Å². The first-order valence-corrected chi connectivity index (χ1v) is 12.9. The number of ether oxygens (including phenoxy) is 1. The van der Waals surface area contributed by atoms with Crippen molar-refractivity contribution in [1.82, 2.24) is 0 Å². The lowest BCUT2D eigenvalue weighted by molar-refractivity contribution is -0.119. The molecule has 0 radical (unpaired) electrons. The summed E-state index contributed by atoms with van der Waals surface area (Å²) in [5.41, 5.74) is 21.4. The predicted octanol–water partition coefficient (Wildman–Crippen LogP) is 3.75. The number of methoxy groups -OCH3 is 1. The first-order valence-electron chi connectivity index (χ1n) is 12.9. The van der Waals surface area contributed by atoms with Crippen LogP contribution in [0.3, 0.4) is 0 Å². The molecule has 0 fully saturated rings. The van der Waals surface area contributed by atoms with Crippen LogP contribution in [0.15, 0.2) is 78.9 Å². The fourth-order valence-corrected chi connectivity index (χ4v) is 3.29. The predicted molar refractivity (Wildman–Crippen MR) is 158 cm³/mol. The van der Waals surface area contributed by atoms with Crippen molar-refractivity contribution in [3.05, 3.63) is 101 Å². The minimum atomic E-state index is -0.400. The second-order valence-electron chi connectivity index (χ2n) is 9.58. The van der Waals surface area contributed by atoms with Crippen LogP contribution in [0.5, 0.6) is 5.75 Å². The first kappa shape index (κ1) is 33.4. The molecule has 0 aromatic heterocycles. The Morgan fingerprint density at radius 2 is 0.923 bits per heavy atom. The van der Waals surface area contributed by atoms with Crippen molar-refractivity contribution in [2.24, 2.45) is 17.2 Å². The number of carbonyl (C=O) groups is 3. The molecular formula is C32H43N3O4. The Bertz CT molecular complexity index is 1150. The topological polar surface area (TPSA) is 138 Å². The van der Waals surface area contributed by atoms with Gasteiger partial charge in [-0.25, -0.2) is 0 Å². The molecule has 0 saturated carbocycles. The molecule has 0 aliphatic heterocycles. The van der Waals surface area contributed by atoms with E-state index in [1.54, 1.807) is 7.11 Å². The maximum Gasteiger partial charge on any atom is 0.146 e. The van der Waals surface area contributed by atoms with Gasteiger partial charge in [-0.1, -0.05) is 72.3 Å². The summed E-state index contributed by atoms with van der Waals surface area (Å²) in [5, 5.41) is 0. The minimum Gasteiger partial charge on any atom is -0.497 e. The van der Waals surface area contributed by atoms with Gasteiger partial charge in [0, 0.05) is 0 Å². The van der Waals surface area contributed by atoms with Crippen LogP contribution in [0.1, 0.15) is 43.0 Å². The van der Waals surface area contributed by atoms with E-state index in [2.05, 4.69) is 0 Å². The number of rotatable bonds is 10. The molecule has 7 heteroatoms. The van der Waals surface area contributed by atoms with Gasteiger partial charge in [-0.3, -0.25) is 14.4 Å². The largest absolute Gasteiger partial charge is 0.497 e. The molecule has 6 N–H and O–H groups in total. The van der Waals surface area contributed by atoms with Gasteiger partial charge in [0.05, 0.1) is 25.2 Å². The highest BCUT2D eigenvalue weighted by molar-refractivity contribution is 5.82. The first-order chi connectivity index (χ1) is 18.4. The van der Waals surface area contributed by atoms with E-state index in [0.29, 0.717) is 19.3 Å². The SMILES string of the molecule is CC(=O)C(N)Cc1ccc(C)cc1.CC(=O)C(N)Cc1ccccc1.COc1ccc(CC(N)C(C)=O)cc1. The summed E-state index contributed by atoms with van der Waals surface area (Å²) in [7, 11) is 1.62. The summed E-state index contributed by atoms with van der Waals surface area (Å²) in [6.45, 7) is 6.59. The molecule has 0 heterocycles. The van der Waals surface area contributed by atoms with Crippen molar-refractivity contribution in [2.45, 2.75) is 65.1 Å². The molecule has 0 aliphatic carbocycles. The van der Waals surface area contributed by atoms with Gasteiger partial charge in [-0.05, 0) is 75.8 Å². The number of carbonyl (C=O) groups excluding carboxylic acids is 3. The highest BCUT2D eigenvalue weighted by Crippen LogP contribution is 2.12. The second kappa shape index (κ2) is 17.8. The molecule has 39 heavy (non-hydrogen) atoms. The fourth-order valence-electron chi connectivity index (χ4n) is 3.29. The van der Waals surface area contributed by atoms with E-state index in [0.717, 1.165) is 22.4 Å². The number of nitrogens with two attached hydrogens (primary N) is 3. The van der Waals surface area contributed by atoms with Crippen molar-refractivity contribution in [3.63, 3.8) is 0 Å². The number of benzene rings is 3. The molecule has 7 nitrogen and oxygen atoms in total. The monoisotopic (exact) mass is 533 g/mol. The summed E-state index contributed by atoms with van der Waals surface area (Å²) in [6.07, 6.45) is 1.85. The zero-order valence-electron chi connectivity index (χ0n) is 23.7. The van der Waals surface area contributed by atoms with Gasteiger partial charge in [0.25, 0.3) is 0 Å². The second-order valence-corrected chi connectivity index (χ2v) is 9.58. The van der Waals surface area contributed by atoms with E-state index in [1.165, 1.54) is 26.3 Å². The van der Waals surface area contributed by atoms with E-state index in [9.17, 15) is 14.4 Å². The van der Waals surface area contributed by atoms with Crippen molar-refractivity contribution >= 4 is 17.3 Å². The number of ketones is 3. The average molecular weight is 534 g/mol. The molecule has 0 bridgehead atoms. The third-order valence-corrected chi connectivity index (χ3v) is 6.06. The van der Waals surface area contributed by atoms with Crippen LogP contribution in [0.4, 0.5) is 0 Å². The van der Waals surface area contributed by atoms with Gasteiger partial charge in [-0.2, -0.15) is 0 Å². The standard InChI is InChI=1S/C11H15NO2.C11H15NO.C10H13NO/c1-8(13)11(12)7-9-3-5-10(14-2)6-4-9;1-8-3-5-10(6-4-8)7-11(12)9(2)13;1-8(12)10(11)7-9-5-3-2-4-6-9/h3-6,11H,7,12H2,1-2H3;3-6,11H,7,12H2,1-2H3;2-6,10H,7,11H2,1H3. The molecule has 3 rings (SSSR count). The summed E-state index contributed by atoms with van der Waals surface area (Å²) < 4.78 is 5.02. The third-order valence-electron chi connectivity index (χ3n) is 6.06. The van der Waals surface area contributed by atoms with E-state index in [-0.39, 0.29) is 29.4 Å². The van der Waals surface area contributed by atoms with E-state index in [1.807, 2.05) is 85.8 Å². The van der Waals surface area contributed by atoms with Crippen molar-refractivity contribution in [1.29, 1.82) is 0 Å². The average Bonchev–Trinajstić information content (AvgIpc) is 2.91. The lowest BCUT2D eigenvalue weighted by Gasteiger charge is -2.07. The number of hydrogen-bond acceptors (Lipinski definition) is 7. The molecule has 3 atom stereocenters. The van der Waals surface area contributed by atoms with Crippen molar-refractivity contribution in [2.75, 3.05) is 7.11 Å². The van der Waals surface area contributed by atoms with Crippen LogP contribution in [0, 0.1) is 6.92 Å². The maximum atomic E-state index is 10.9. The Hall–Kier alpha value is -3.65. The van der Waals surface area contributed by atoms with Crippen LogP contribution < -0.4 is 21.9 Å². The van der Waals surface area contributed by atoms with Crippen LogP contribution in [0.25, 0.3) is 0 Å². The smallest absolute Gasteiger partial charge is 0.146 e. The molecule has 0 aliphatic rings. The van der Waals surface area contributed by atoms with Crippen LogP contribution >= 0.6 is 0 Å². The summed E-state index contributed by atoms with van der Waals surface area (Å²) in [4.78, 5) is 32.6. The van der Waals surface area contributed by atoms with Gasteiger partial charge < -0.3 is 21.9 Å². The molecule has 0 saturated heterocycles. The Kier molecular flexibility index (Phi) is 15.2. The third kappa shape index (κ3) is 14.2. The molecule has 0 spiro atoms. The molecule has 0 amide bonds. The quantitative estimate of drug-likeness (QED) is 0.361. The maximum absolute atomic E-state index is 10.9. The lowest BCUT2D eigenvalue weighted by atomic mass is 10.0. The number of Topliss-reactive ketones (excluding diaryl/α,β-unsaturated/α-hetero) is 3. The van der Waals surface area contributed by atoms with Gasteiger partial charge in [-0.15, -0.1) is 0 Å². The van der Waals surface area contributed by atoms with Gasteiger partial charge >= 0.3 is 0 Å². The van der Waals surface area contributed by atoms with Gasteiger partial charge in [0.2, 0.25) is 0 Å². The number of aryl methyl sites for hydroxylation is 1. The summed E-state index contributed by atoms with van der Waals surface area (Å²) in [5.74, 6) is 0.908. The minimum absolute atomic E-state index is 0.0146. The highest BCUT2D eigenvalue weighted by atomic mass is 16.5. The summed E-state index contributed by atoms with van der Waals surface area (Å²) >= 11 is 0. The van der Waals surface area contributed by atoms with E-state index < -0.39 is 6.04 Å². The Labute approximate surface area is 232 Å². The van der Waals surface area contributed by atoms with Crippen molar-refractivity contribution < 1.29 is 19.1 Å². The molecule has 3 unspecified atom stereocenters. The summed E-state index contributed by atoms with van der Waals surface area (Å²) in [6, 6.07) is 24.3. The van der Waals surface area contributed by atoms with E-state index >= 15 is 0 Å². The molecule has 210 valence electrons. The Morgan fingerprint density at radius 1 is 0.590 bits per heavy atom.